The fourth-order valence-electron chi connectivity index (χ4n) is 2.91. The van der Waals surface area contributed by atoms with Crippen LogP contribution in [0, 0.1) is 0 Å². The second kappa shape index (κ2) is 5.86. The summed E-state index contributed by atoms with van der Waals surface area (Å²) in [6.07, 6.45) is 2.42. The number of rotatable bonds is 3. The normalized spacial score (nSPS) is 19.4. The molecule has 104 valence electrons. The van der Waals surface area contributed by atoms with Crippen LogP contribution in [-0.2, 0) is 6.54 Å². The van der Waals surface area contributed by atoms with Gasteiger partial charge in [-0.25, -0.2) is 0 Å². The summed E-state index contributed by atoms with van der Waals surface area (Å²) in [5.41, 5.74) is 2.58. The number of phenols is 1. The predicted octanol–water partition coefficient (Wildman–Crippen LogP) is 4.38. The van der Waals surface area contributed by atoms with Gasteiger partial charge in [0.15, 0.2) is 0 Å². The zero-order valence-corrected chi connectivity index (χ0v) is 12.1. The summed E-state index contributed by atoms with van der Waals surface area (Å²) in [4.78, 5) is 2.50. The maximum Gasteiger partial charge on any atom is 0.115 e. The van der Waals surface area contributed by atoms with Gasteiger partial charge in [0.25, 0.3) is 0 Å². The van der Waals surface area contributed by atoms with E-state index < -0.39 is 0 Å². The molecule has 0 unspecified atom stereocenters. The maximum atomic E-state index is 9.35. The lowest BCUT2D eigenvalue weighted by atomic mass is 10.0. The van der Waals surface area contributed by atoms with E-state index in [1.165, 1.54) is 24.0 Å². The third-order valence-electron chi connectivity index (χ3n) is 3.94. The van der Waals surface area contributed by atoms with Gasteiger partial charge in [0, 0.05) is 17.6 Å². The Balaban J connectivity index is 1.75. The summed E-state index contributed by atoms with van der Waals surface area (Å²) in [5, 5.41) is 10.1. The number of hydrogen-bond donors (Lipinski definition) is 1. The van der Waals surface area contributed by atoms with Crippen molar-refractivity contribution in [2.75, 3.05) is 6.54 Å². The average molecular weight is 288 g/mol. The van der Waals surface area contributed by atoms with Crippen molar-refractivity contribution in [3.8, 4) is 5.75 Å². The van der Waals surface area contributed by atoms with E-state index in [4.69, 9.17) is 11.6 Å². The first-order chi connectivity index (χ1) is 9.72. The zero-order valence-electron chi connectivity index (χ0n) is 11.3. The number of hydrogen-bond acceptors (Lipinski definition) is 2. The largest absolute Gasteiger partial charge is 0.508 e. The van der Waals surface area contributed by atoms with Crippen molar-refractivity contribution in [1.29, 1.82) is 0 Å². The SMILES string of the molecule is Oc1ccc(CN2CCC[C@H]2c2ccc(Cl)cc2)cc1. The van der Waals surface area contributed by atoms with Gasteiger partial charge in [-0.2, -0.15) is 0 Å². The molecule has 0 bridgehead atoms. The molecular formula is C17H18ClNO. The fourth-order valence-corrected chi connectivity index (χ4v) is 3.04. The molecule has 0 saturated carbocycles. The molecule has 3 heteroatoms. The van der Waals surface area contributed by atoms with Crippen LogP contribution in [0.1, 0.15) is 30.0 Å². The first-order valence-electron chi connectivity index (χ1n) is 7.00. The summed E-state index contributed by atoms with van der Waals surface area (Å²) >= 11 is 5.96. The lowest BCUT2D eigenvalue weighted by Crippen LogP contribution is -2.22. The molecule has 1 aliphatic heterocycles. The van der Waals surface area contributed by atoms with Gasteiger partial charge in [0.1, 0.15) is 5.75 Å². The number of benzene rings is 2. The molecule has 20 heavy (non-hydrogen) atoms. The minimum atomic E-state index is 0.324. The topological polar surface area (TPSA) is 23.5 Å². The van der Waals surface area contributed by atoms with Crippen molar-refractivity contribution in [1.82, 2.24) is 4.90 Å². The van der Waals surface area contributed by atoms with Gasteiger partial charge in [-0.1, -0.05) is 35.9 Å². The highest BCUT2D eigenvalue weighted by molar-refractivity contribution is 6.30. The molecule has 0 radical (unpaired) electrons. The first-order valence-corrected chi connectivity index (χ1v) is 7.37. The minimum absolute atomic E-state index is 0.324. The van der Waals surface area contributed by atoms with Gasteiger partial charge in [0.2, 0.25) is 0 Å². The predicted molar refractivity (Wildman–Crippen MR) is 81.9 cm³/mol. The summed E-state index contributed by atoms with van der Waals surface area (Å²) < 4.78 is 0. The van der Waals surface area contributed by atoms with Crippen LogP contribution in [-0.4, -0.2) is 16.6 Å². The second-order valence-corrected chi connectivity index (χ2v) is 5.78. The molecule has 2 nitrogen and oxygen atoms in total. The molecule has 2 aromatic rings. The summed E-state index contributed by atoms with van der Waals surface area (Å²) in [7, 11) is 0. The average Bonchev–Trinajstić information content (AvgIpc) is 2.90. The van der Waals surface area contributed by atoms with Crippen LogP contribution in [0.2, 0.25) is 5.02 Å². The molecule has 0 amide bonds. The van der Waals surface area contributed by atoms with E-state index in [0.29, 0.717) is 11.8 Å². The van der Waals surface area contributed by atoms with Crippen molar-refractivity contribution in [2.45, 2.75) is 25.4 Å². The van der Waals surface area contributed by atoms with Gasteiger partial charge < -0.3 is 5.11 Å². The molecule has 1 heterocycles. The number of aromatic hydroxyl groups is 1. The highest BCUT2D eigenvalue weighted by Gasteiger charge is 2.25. The van der Waals surface area contributed by atoms with Gasteiger partial charge in [0.05, 0.1) is 0 Å². The van der Waals surface area contributed by atoms with Crippen LogP contribution in [0.3, 0.4) is 0 Å². The molecule has 0 spiro atoms. The van der Waals surface area contributed by atoms with E-state index in [9.17, 15) is 5.11 Å². The van der Waals surface area contributed by atoms with Gasteiger partial charge in [-0.15, -0.1) is 0 Å². The Labute approximate surface area is 124 Å². The molecule has 1 aliphatic rings. The molecule has 0 aliphatic carbocycles. The van der Waals surface area contributed by atoms with Crippen LogP contribution >= 0.6 is 11.6 Å². The Bertz CT molecular complexity index is 565. The van der Waals surface area contributed by atoms with Crippen LogP contribution < -0.4 is 0 Å². The molecular weight excluding hydrogens is 270 g/mol. The summed E-state index contributed by atoms with van der Waals surface area (Å²) in [5.74, 6) is 0.324. The summed E-state index contributed by atoms with van der Waals surface area (Å²) in [6, 6.07) is 16.2. The third-order valence-corrected chi connectivity index (χ3v) is 4.19. The number of phenolic OH excluding ortho intramolecular Hbond substituents is 1. The molecule has 1 atom stereocenters. The van der Waals surface area contributed by atoms with Crippen molar-refractivity contribution in [2.24, 2.45) is 0 Å². The van der Waals surface area contributed by atoms with Gasteiger partial charge in [-0.3, -0.25) is 4.90 Å². The van der Waals surface area contributed by atoms with E-state index in [-0.39, 0.29) is 0 Å². The second-order valence-electron chi connectivity index (χ2n) is 5.35. The standard InChI is InChI=1S/C17H18ClNO/c18-15-7-5-14(6-8-15)17-2-1-11-19(17)12-13-3-9-16(20)10-4-13/h3-10,17,20H,1-2,11-12H2/t17-/m0/s1. The van der Waals surface area contributed by atoms with Gasteiger partial charge >= 0.3 is 0 Å². The monoisotopic (exact) mass is 287 g/mol. The van der Waals surface area contributed by atoms with E-state index >= 15 is 0 Å². The van der Waals surface area contributed by atoms with Crippen LogP contribution in [0.15, 0.2) is 48.5 Å². The lowest BCUT2D eigenvalue weighted by Gasteiger charge is -2.25. The lowest BCUT2D eigenvalue weighted by molar-refractivity contribution is 0.248. The zero-order chi connectivity index (χ0) is 13.9. The van der Waals surface area contributed by atoms with Crippen molar-refractivity contribution < 1.29 is 5.11 Å². The third kappa shape index (κ3) is 2.97. The quantitative estimate of drug-likeness (QED) is 0.905. The van der Waals surface area contributed by atoms with E-state index in [1.54, 1.807) is 12.1 Å². The van der Waals surface area contributed by atoms with Crippen LogP contribution in [0.25, 0.3) is 0 Å². The molecule has 2 aromatic carbocycles. The molecule has 1 saturated heterocycles. The number of likely N-dealkylation sites (tertiary alicyclic amines) is 1. The highest BCUT2D eigenvalue weighted by atomic mass is 35.5. The Morgan fingerprint density at radius 1 is 1.05 bits per heavy atom. The minimum Gasteiger partial charge on any atom is -0.508 e. The van der Waals surface area contributed by atoms with E-state index in [1.807, 2.05) is 24.3 Å². The Hall–Kier alpha value is -1.51. The number of halogens is 1. The van der Waals surface area contributed by atoms with E-state index in [0.717, 1.165) is 18.1 Å². The van der Waals surface area contributed by atoms with Crippen LogP contribution in [0.5, 0.6) is 5.75 Å². The smallest absolute Gasteiger partial charge is 0.115 e. The highest BCUT2D eigenvalue weighted by Crippen LogP contribution is 2.33. The Kier molecular flexibility index (Phi) is 3.95. The van der Waals surface area contributed by atoms with Gasteiger partial charge in [-0.05, 0) is 54.8 Å². The molecule has 0 aromatic heterocycles. The maximum absolute atomic E-state index is 9.35. The van der Waals surface area contributed by atoms with Crippen molar-refractivity contribution >= 4 is 11.6 Å². The van der Waals surface area contributed by atoms with E-state index in [2.05, 4.69) is 17.0 Å². The fraction of sp³-hybridized carbons (Fsp3) is 0.294. The Morgan fingerprint density at radius 2 is 1.75 bits per heavy atom. The molecule has 1 N–H and O–H groups in total. The Morgan fingerprint density at radius 3 is 2.45 bits per heavy atom. The van der Waals surface area contributed by atoms with Crippen LogP contribution in [0.4, 0.5) is 0 Å². The van der Waals surface area contributed by atoms with Crippen molar-refractivity contribution in [3.63, 3.8) is 0 Å². The first kappa shape index (κ1) is 13.5. The summed E-state index contributed by atoms with van der Waals surface area (Å²) in [6.45, 7) is 2.04. The molecule has 1 fully saturated rings. The number of nitrogens with zero attached hydrogens (tertiary/aromatic N) is 1. The van der Waals surface area contributed by atoms with Crippen molar-refractivity contribution in [3.05, 3.63) is 64.7 Å². The molecule has 3 rings (SSSR count).